The zero-order valence-electron chi connectivity index (χ0n) is 26.7. The Labute approximate surface area is 272 Å². The van der Waals surface area contributed by atoms with E-state index in [1.807, 2.05) is 48.5 Å². The molecule has 1 saturated carbocycles. The van der Waals surface area contributed by atoms with Crippen molar-refractivity contribution in [2.75, 3.05) is 0 Å². The maximum Gasteiger partial charge on any atom is 0.455 e. The third-order valence-corrected chi connectivity index (χ3v) is 10.9. The zero-order valence-corrected chi connectivity index (χ0v) is 26.7. The number of likely N-dealkylation sites (tertiary alicyclic amines) is 1. The van der Waals surface area contributed by atoms with Gasteiger partial charge in [-0.2, -0.15) is 0 Å². The number of phenols is 1. The molecule has 7 rings (SSSR count). The molecule has 3 aromatic rings. The number of phenolic OH excluding ortho intramolecular Hbond substituents is 1. The van der Waals surface area contributed by atoms with E-state index in [0.717, 1.165) is 66.0 Å². The predicted molar refractivity (Wildman–Crippen MR) is 183 cm³/mol. The number of carbonyl (C=O) groups excluding carboxylic acids is 2. The van der Waals surface area contributed by atoms with Gasteiger partial charge in [0, 0.05) is 11.4 Å². The van der Waals surface area contributed by atoms with E-state index in [1.54, 1.807) is 11.0 Å². The molecule has 3 fully saturated rings. The first-order valence-electron chi connectivity index (χ1n) is 17.3. The summed E-state index contributed by atoms with van der Waals surface area (Å²) in [5, 5.41) is 23.4. The SMILES string of the molecule is CCCC1=C2[C@@H](CC/C(=C/c3ccc(O)c4ccccc34)c3ccccc3)OB(O)C[C@@H]2[C@@H]2C(=O)N(C3CCCCC3)C(=O)[C@@H]2C1. The predicted octanol–water partition coefficient (Wildman–Crippen LogP) is 7.80. The third-order valence-electron chi connectivity index (χ3n) is 10.9. The van der Waals surface area contributed by atoms with Gasteiger partial charge < -0.3 is 14.8 Å². The van der Waals surface area contributed by atoms with E-state index < -0.39 is 13.0 Å². The highest BCUT2D eigenvalue weighted by atomic mass is 16.5. The van der Waals surface area contributed by atoms with Crippen LogP contribution in [0, 0.1) is 17.8 Å². The van der Waals surface area contributed by atoms with Crippen LogP contribution in [-0.2, 0) is 14.2 Å². The summed E-state index contributed by atoms with van der Waals surface area (Å²) >= 11 is 0. The maximum absolute atomic E-state index is 14.1. The molecule has 2 heterocycles. The minimum absolute atomic E-state index is 0.0162. The van der Waals surface area contributed by atoms with Crippen LogP contribution in [0.5, 0.6) is 5.75 Å². The lowest BCUT2D eigenvalue weighted by molar-refractivity contribution is -0.143. The number of imide groups is 1. The number of carbonyl (C=O) groups is 2. The van der Waals surface area contributed by atoms with E-state index in [4.69, 9.17) is 4.65 Å². The number of hydrogen-bond acceptors (Lipinski definition) is 5. The molecule has 0 spiro atoms. The van der Waals surface area contributed by atoms with Gasteiger partial charge in [-0.25, -0.2) is 0 Å². The summed E-state index contributed by atoms with van der Waals surface area (Å²) in [5.74, 6) is -0.641. The molecule has 0 unspecified atom stereocenters. The van der Waals surface area contributed by atoms with E-state index in [-0.39, 0.29) is 41.5 Å². The Morgan fingerprint density at radius 1 is 0.935 bits per heavy atom. The summed E-state index contributed by atoms with van der Waals surface area (Å²) in [6.07, 6.45) is 11.1. The lowest BCUT2D eigenvalue weighted by atomic mass is 9.58. The molecule has 0 radical (unpaired) electrons. The summed E-state index contributed by atoms with van der Waals surface area (Å²) in [5.41, 5.74) is 5.70. The number of fused-ring (bicyclic) bond motifs is 4. The molecular formula is C39H44BNO5. The second kappa shape index (κ2) is 13.2. The molecule has 2 aliphatic carbocycles. The highest BCUT2D eigenvalue weighted by Gasteiger charge is 2.58. The van der Waals surface area contributed by atoms with Crippen LogP contribution in [0.25, 0.3) is 22.4 Å². The van der Waals surface area contributed by atoms with Crippen LogP contribution in [0.3, 0.4) is 0 Å². The molecule has 238 valence electrons. The van der Waals surface area contributed by atoms with Crippen LogP contribution in [-0.4, -0.2) is 46.1 Å². The number of aromatic hydroxyl groups is 1. The summed E-state index contributed by atoms with van der Waals surface area (Å²) in [4.78, 5) is 29.6. The second-order valence-corrected chi connectivity index (χ2v) is 13.7. The average molecular weight is 618 g/mol. The van der Waals surface area contributed by atoms with Gasteiger partial charge in [-0.1, -0.05) is 105 Å². The number of allylic oxidation sites excluding steroid dienone is 2. The molecule has 4 atom stereocenters. The van der Waals surface area contributed by atoms with Crippen LogP contribution in [0.4, 0.5) is 0 Å². The number of amides is 2. The lowest BCUT2D eigenvalue weighted by Gasteiger charge is -2.43. The van der Waals surface area contributed by atoms with Gasteiger partial charge >= 0.3 is 7.12 Å². The maximum atomic E-state index is 14.1. The molecule has 46 heavy (non-hydrogen) atoms. The minimum Gasteiger partial charge on any atom is -0.507 e. The van der Waals surface area contributed by atoms with Crippen LogP contribution in [0.15, 0.2) is 77.9 Å². The smallest absolute Gasteiger partial charge is 0.455 e. The highest BCUT2D eigenvalue weighted by Crippen LogP contribution is 2.52. The first-order chi connectivity index (χ1) is 22.4. The lowest BCUT2D eigenvalue weighted by Crippen LogP contribution is -2.46. The Bertz CT molecular complexity index is 1680. The van der Waals surface area contributed by atoms with Gasteiger partial charge in [-0.3, -0.25) is 14.5 Å². The van der Waals surface area contributed by atoms with Crippen LogP contribution < -0.4 is 0 Å². The molecule has 6 nitrogen and oxygen atoms in total. The molecule has 2 N–H and O–H groups in total. The van der Waals surface area contributed by atoms with Crippen molar-refractivity contribution in [1.82, 2.24) is 4.90 Å². The molecule has 4 aliphatic rings. The molecule has 2 aliphatic heterocycles. The summed E-state index contributed by atoms with van der Waals surface area (Å²) in [6, 6.07) is 21.9. The number of benzene rings is 3. The first kappa shape index (κ1) is 31.0. The van der Waals surface area contributed by atoms with Crippen molar-refractivity contribution in [3.63, 3.8) is 0 Å². The van der Waals surface area contributed by atoms with Gasteiger partial charge in [0.2, 0.25) is 11.8 Å². The van der Waals surface area contributed by atoms with E-state index in [2.05, 4.69) is 25.1 Å². The molecule has 3 aromatic carbocycles. The Balaban J connectivity index is 1.22. The number of nitrogens with zero attached hydrogens (tertiary/aromatic N) is 1. The van der Waals surface area contributed by atoms with E-state index >= 15 is 0 Å². The quantitative estimate of drug-likeness (QED) is 0.117. The fourth-order valence-electron chi connectivity index (χ4n) is 8.88. The van der Waals surface area contributed by atoms with Gasteiger partial charge in [-0.15, -0.1) is 0 Å². The molecule has 7 heteroatoms. The summed E-state index contributed by atoms with van der Waals surface area (Å²) in [7, 11) is -0.975. The number of rotatable bonds is 8. The third kappa shape index (κ3) is 5.73. The molecule has 2 amide bonds. The Morgan fingerprint density at radius 3 is 2.43 bits per heavy atom. The van der Waals surface area contributed by atoms with Crippen LogP contribution >= 0.6 is 0 Å². The Kier molecular flexibility index (Phi) is 8.89. The fraction of sp³-hybridized carbons (Fsp3) is 0.436. The van der Waals surface area contributed by atoms with Crippen molar-refractivity contribution >= 4 is 41.4 Å². The largest absolute Gasteiger partial charge is 0.507 e. The first-order valence-corrected chi connectivity index (χ1v) is 17.3. The topological polar surface area (TPSA) is 87.1 Å². The highest BCUT2D eigenvalue weighted by molar-refractivity contribution is 6.43. The van der Waals surface area contributed by atoms with Crippen molar-refractivity contribution in [2.45, 2.75) is 89.6 Å². The van der Waals surface area contributed by atoms with E-state index in [0.29, 0.717) is 25.6 Å². The minimum atomic E-state index is -0.975. The molecule has 0 bridgehead atoms. The number of hydrogen-bond donors (Lipinski definition) is 2. The van der Waals surface area contributed by atoms with Gasteiger partial charge in [0.05, 0.1) is 17.9 Å². The fourth-order valence-corrected chi connectivity index (χ4v) is 8.88. The standard InChI is InChI=1S/C39H44BNO5/c1-2-11-28-23-32-37(39(44)41(38(32)43)29-14-7-4-8-15-29)33-24-40(45)46-35(36(28)33)21-19-26(25-12-5-3-6-13-25)22-27-18-20-34(42)31-17-10-9-16-30(27)31/h3,5-6,9-10,12-13,16-18,20,22,29,32-33,35,37,42,45H,2,4,7-8,11,14-15,19,21,23-24H2,1H3/b26-22-/t32-,33+,35-,37-/m1/s1. The zero-order chi connectivity index (χ0) is 31.8. The van der Waals surface area contributed by atoms with E-state index in [1.165, 1.54) is 17.6 Å². The van der Waals surface area contributed by atoms with Crippen molar-refractivity contribution in [3.8, 4) is 5.75 Å². The van der Waals surface area contributed by atoms with Gasteiger partial charge in [0.1, 0.15) is 5.75 Å². The Morgan fingerprint density at radius 2 is 1.67 bits per heavy atom. The summed E-state index contributed by atoms with van der Waals surface area (Å²) < 4.78 is 6.34. The van der Waals surface area contributed by atoms with Gasteiger partial charge in [-0.05, 0) is 84.5 Å². The second-order valence-electron chi connectivity index (χ2n) is 13.7. The van der Waals surface area contributed by atoms with Gasteiger partial charge in [0.25, 0.3) is 0 Å². The van der Waals surface area contributed by atoms with Crippen LogP contribution in [0.1, 0.15) is 82.3 Å². The van der Waals surface area contributed by atoms with Crippen molar-refractivity contribution in [2.24, 2.45) is 17.8 Å². The van der Waals surface area contributed by atoms with Crippen molar-refractivity contribution in [3.05, 3.63) is 89.0 Å². The van der Waals surface area contributed by atoms with Gasteiger partial charge in [0.15, 0.2) is 0 Å². The van der Waals surface area contributed by atoms with Crippen molar-refractivity contribution < 1.29 is 24.4 Å². The van der Waals surface area contributed by atoms with Crippen molar-refractivity contribution in [1.29, 1.82) is 0 Å². The molecule has 2 saturated heterocycles. The normalized spacial score (nSPS) is 25.7. The monoisotopic (exact) mass is 617 g/mol. The van der Waals surface area contributed by atoms with Crippen LogP contribution in [0.2, 0.25) is 6.32 Å². The van der Waals surface area contributed by atoms with E-state index in [9.17, 15) is 19.7 Å². The summed E-state index contributed by atoms with van der Waals surface area (Å²) in [6.45, 7) is 2.16. The molecule has 0 aromatic heterocycles. The molecular weight excluding hydrogens is 573 g/mol. The average Bonchev–Trinajstić information content (AvgIpc) is 3.33. The Hall–Kier alpha value is -3.68.